The molecule has 23 heavy (non-hydrogen) atoms. The van der Waals surface area contributed by atoms with Gasteiger partial charge in [0.15, 0.2) is 0 Å². The van der Waals surface area contributed by atoms with Gasteiger partial charge < -0.3 is 4.57 Å². The summed E-state index contributed by atoms with van der Waals surface area (Å²) in [6, 6.07) is 15.7. The molecule has 0 radical (unpaired) electrons. The molecule has 1 aromatic heterocycles. The molecule has 2 aliphatic rings. The third-order valence-corrected chi connectivity index (χ3v) is 5.07. The molecular formula is C22H19N. The smallest absolute Gasteiger partial charge is 0.0540 e. The number of rotatable bonds is 1. The number of hydrogen-bond donors (Lipinski definition) is 0. The van der Waals surface area contributed by atoms with Crippen molar-refractivity contribution >= 4 is 29.1 Å². The molecular weight excluding hydrogens is 278 g/mol. The first-order valence-corrected chi connectivity index (χ1v) is 8.51. The summed E-state index contributed by atoms with van der Waals surface area (Å²) in [5, 5.41) is 4.13. The summed E-state index contributed by atoms with van der Waals surface area (Å²) in [7, 11) is 0. The van der Waals surface area contributed by atoms with Crippen LogP contribution in [0.4, 0.5) is 0 Å². The lowest BCUT2D eigenvalue weighted by Crippen LogP contribution is -2.30. The Labute approximate surface area is 135 Å². The maximum Gasteiger partial charge on any atom is 0.0540 e. The molecule has 0 saturated heterocycles. The average Bonchev–Trinajstić information content (AvgIpc) is 2.96. The molecule has 1 nitrogen and oxygen atoms in total. The third kappa shape index (κ3) is 1.93. The fourth-order valence-electron chi connectivity index (χ4n) is 3.98. The number of hydrogen-bond acceptors (Lipinski definition) is 0. The van der Waals surface area contributed by atoms with E-state index in [1.54, 1.807) is 0 Å². The van der Waals surface area contributed by atoms with Gasteiger partial charge in [-0.25, -0.2) is 0 Å². The number of benzene rings is 2. The fraction of sp³-hybridized carbons (Fsp3) is 0.182. The van der Waals surface area contributed by atoms with Crippen molar-refractivity contribution in [2.45, 2.75) is 25.7 Å². The SMILES string of the molecule is C1=Cc2cc(-n3c4c(c5ccccc53)=CCCC=4)ccc2CC1. The summed E-state index contributed by atoms with van der Waals surface area (Å²) in [5.74, 6) is 0. The summed E-state index contributed by atoms with van der Waals surface area (Å²) in [6.07, 6.45) is 14.0. The summed E-state index contributed by atoms with van der Waals surface area (Å²) < 4.78 is 2.43. The fourth-order valence-corrected chi connectivity index (χ4v) is 3.98. The largest absolute Gasteiger partial charge is 0.310 e. The Balaban J connectivity index is 1.87. The van der Waals surface area contributed by atoms with Gasteiger partial charge in [-0.3, -0.25) is 0 Å². The van der Waals surface area contributed by atoms with Gasteiger partial charge in [0.2, 0.25) is 0 Å². The lowest BCUT2D eigenvalue weighted by Gasteiger charge is -2.14. The molecule has 1 heterocycles. The van der Waals surface area contributed by atoms with E-state index >= 15 is 0 Å². The zero-order chi connectivity index (χ0) is 15.2. The summed E-state index contributed by atoms with van der Waals surface area (Å²) in [5.41, 5.74) is 5.43. The van der Waals surface area contributed by atoms with Gasteiger partial charge in [0.1, 0.15) is 0 Å². The zero-order valence-corrected chi connectivity index (χ0v) is 13.1. The van der Waals surface area contributed by atoms with Crippen molar-refractivity contribution in [2.24, 2.45) is 0 Å². The van der Waals surface area contributed by atoms with Crippen molar-refractivity contribution in [3.63, 3.8) is 0 Å². The van der Waals surface area contributed by atoms with Gasteiger partial charge in [0.25, 0.3) is 0 Å². The van der Waals surface area contributed by atoms with Crippen LogP contribution in [0.2, 0.25) is 0 Å². The van der Waals surface area contributed by atoms with Crippen LogP contribution in [-0.4, -0.2) is 4.57 Å². The highest BCUT2D eigenvalue weighted by Gasteiger charge is 2.12. The lowest BCUT2D eigenvalue weighted by molar-refractivity contribution is 0.974. The van der Waals surface area contributed by atoms with E-state index in [1.165, 1.54) is 38.3 Å². The quantitative estimate of drug-likeness (QED) is 0.641. The number of para-hydroxylation sites is 1. The maximum atomic E-state index is 2.43. The highest BCUT2D eigenvalue weighted by Crippen LogP contribution is 2.23. The molecule has 0 amide bonds. The number of allylic oxidation sites excluding steroid dienone is 1. The van der Waals surface area contributed by atoms with Crippen molar-refractivity contribution < 1.29 is 0 Å². The Hall–Kier alpha value is -2.54. The topological polar surface area (TPSA) is 4.93 Å². The highest BCUT2D eigenvalue weighted by atomic mass is 15.0. The maximum absolute atomic E-state index is 2.43. The van der Waals surface area contributed by atoms with Crippen LogP contribution in [0, 0.1) is 0 Å². The second-order valence-electron chi connectivity index (χ2n) is 6.46. The van der Waals surface area contributed by atoms with Crippen molar-refractivity contribution in [3.05, 3.63) is 70.2 Å². The van der Waals surface area contributed by atoms with Crippen LogP contribution < -0.4 is 10.6 Å². The molecule has 0 unspecified atom stereocenters. The van der Waals surface area contributed by atoms with E-state index in [-0.39, 0.29) is 0 Å². The number of aromatic nitrogens is 1. The van der Waals surface area contributed by atoms with Crippen LogP contribution in [0.15, 0.2) is 48.5 Å². The minimum atomic E-state index is 1.13. The Morgan fingerprint density at radius 2 is 1.78 bits per heavy atom. The van der Waals surface area contributed by atoms with Crippen LogP contribution in [0.3, 0.4) is 0 Å². The van der Waals surface area contributed by atoms with E-state index < -0.39 is 0 Å². The van der Waals surface area contributed by atoms with Crippen LogP contribution in [0.1, 0.15) is 30.4 Å². The second kappa shape index (κ2) is 4.99. The van der Waals surface area contributed by atoms with Gasteiger partial charge >= 0.3 is 0 Å². The Morgan fingerprint density at radius 1 is 0.870 bits per heavy atom. The standard InChI is InChI=1S/C22H19N/c1-2-8-17-15-18(14-13-16(17)7-1)23-21-11-5-3-9-19(21)20-10-4-6-12-22(20)23/h2-3,5,8-15H,1,4,6-7H2. The molecule has 5 rings (SSSR count). The zero-order valence-electron chi connectivity index (χ0n) is 13.1. The predicted molar refractivity (Wildman–Crippen MR) is 98.0 cm³/mol. The van der Waals surface area contributed by atoms with Crippen molar-refractivity contribution in [1.82, 2.24) is 4.57 Å². The minimum Gasteiger partial charge on any atom is -0.310 e. The first-order chi connectivity index (χ1) is 11.4. The summed E-state index contributed by atoms with van der Waals surface area (Å²) in [4.78, 5) is 0. The Morgan fingerprint density at radius 3 is 2.78 bits per heavy atom. The Bertz CT molecular complexity index is 1060. The number of aryl methyl sites for hydroxylation is 1. The van der Waals surface area contributed by atoms with Gasteiger partial charge in [-0.2, -0.15) is 0 Å². The molecule has 3 aromatic rings. The van der Waals surface area contributed by atoms with Gasteiger partial charge in [0.05, 0.1) is 5.52 Å². The van der Waals surface area contributed by atoms with Crippen LogP contribution in [0.25, 0.3) is 34.8 Å². The molecule has 2 aliphatic carbocycles. The molecule has 112 valence electrons. The van der Waals surface area contributed by atoms with E-state index in [0.717, 1.165) is 25.7 Å². The van der Waals surface area contributed by atoms with Crippen LogP contribution in [-0.2, 0) is 6.42 Å². The van der Waals surface area contributed by atoms with E-state index in [9.17, 15) is 0 Å². The molecule has 0 saturated carbocycles. The summed E-state index contributed by atoms with van der Waals surface area (Å²) in [6.45, 7) is 0. The highest BCUT2D eigenvalue weighted by molar-refractivity contribution is 5.84. The molecule has 0 aliphatic heterocycles. The molecule has 0 N–H and O–H groups in total. The third-order valence-electron chi connectivity index (χ3n) is 5.07. The van der Waals surface area contributed by atoms with Crippen molar-refractivity contribution in [3.8, 4) is 5.69 Å². The Kier molecular flexibility index (Phi) is 2.81. The predicted octanol–water partition coefficient (Wildman–Crippen LogP) is 3.94. The van der Waals surface area contributed by atoms with E-state index in [2.05, 4.69) is 71.3 Å². The summed E-state index contributed by atoms with van der Waals surface area (Å²) >= 11 is 0. The van der Waals surface area contributed by atoms with Gasteiger partial charge in [0, 0.05) is 21.6 Å². The van der Waals surface area contributed by atoms with E-state index in [0.29, 0.717) is 0 Å². The first kappa shape index (κ1) is 13.0. The van der Waals surface area contributed by atoms with E-state index in [4.69, 9.17) is 0 Å². The first-order valence-electron chi connectivity index (χ1n) is 8.51. The van der Waals surface area contributed by atoms with Crippen molar-refractivity contribution in [1.29, 1.82) is 0 Å². The molecule has 0 fully saturated rings. The second-order valence-corrected chi connectivity index (χ2v) is 6.46. The number of nitrogens with zero attached hydrogens (tertiary/aromatic N) is 1. The van der Waals surface area contributed by atoms with E-state index in [1.807, 2.05) is 0 Å². The van der Waals surface area contributed by atoms with Gasteiger partial charge in [-0.05, 0) is 55.0 Å². The number of fused-ring (bicyclic) bond motifs is 4. The van der Waals surface area contributed by atoms with Crippen LogP contribution in [0.5, 0.6) is 0 Å². The van der Waals surface area contributed by atoms with Gasteiger partial charge in [-0.1, -0.05) is 48.6 Å². The monoisotopic (exact) mass is 297 g/mol. The molecule has 0 atom stereocenters. The van der Waals surface area contributed by atoms with Crippen LogP contribution >= 0.6 is 0 Å². The normalized spacial score (nSPS) is 15.7. The molecule has 1 heteroatoms. The lowest BCUT2D eigenvalue weighted by atomic mass is 9.97. The van der Waals surface area contributed by atoms with Crippen molar-refractivity contribution in [2.75, 3.05) is 0 Å². The molecule has 0 bridgehead atoms. The average molecular weight is 297 g/mol. The van der Waals surface area contributed by atoms with Gasteiger partial charge in [-0.15, -0.1) is 0 Å². The minimum absolute atomic E-state index is 1.13. The molecule has 2 aromatic carbocycles. The molecule has 0 spiro atoms.